The third-order valence-corrected chi connectivity index (χ3v) is 4.28. The van der Waals surface area contributed by atoms with Gasteiger partial charge in [-0.05, 0) is 60.7 Å². The molecule has 1 N–H and O–H groups in total. The lowest BCUT2D eigenvalue weighted by atomic mass is 10.1. The van der Waals surface area contributed by atoms with Crippen LogP contribution in [0.3, 0.4) is 0 Å². The zero-order chi connectivity index (χ0) is 22.1. The topological polar surface area (TPSA) is 90.9 Å². The third-order valence-electron chi connectivity index (χ3n) is 4.28. The van der Waals surface area contributed by atoms with Crippen LogP contribution in [0.2, 0.25) is 0 Å². The second-order valence-electron chi connectivity index (χ2n) is 6.45. The predicted octanol–water partition coefficient (Wildman–Crippen LogP) is 3.75. The molecular weight excluding hydrogens is 398 g/mol. The highest BCUT2D eigenvalue weighted by molar-refractivity contribution is 6.04. The van der Waals surface area contributed by atoms with Crippen LogP contribution >= 0.6 is 0 Å². The fourth-order valence-electron chi connectivity index (χ4n) is 2.62. The van der Waals surface area contributed by atoms with E-state index < -0.39 is 12.6 Å². The summed E-state index contributed by atoms with van der Waals surface area (Å²) < 4.78 is 15.3. The van der Waals surface area contributed by atoms with Gasteiger partial charge in [0.15, 0.2) is 19.0 Å². The van der Waals surface area contributed by atoms with Crippen LogP contribution in [0.1, 0.15) is 20.7 Å². The number of carbonyl (C=O) groups excluding carboxylic acids is 3. The van der Waals surface area contributed by atoms with E-state index in [9.17, 15) is 14.4 Å². The quantitative estimate of drug-likeness (QED) is 0.420. The zero-order valence-corrected chi connectivity index (χ0v) is 16.9. The number of hydrogen-bond donors (Lipinski definition) is 1. The van der Waals surface area contributed by atoms with E-state index in [1.807, 2.05) is 6.07 Å². The largest absolute Gasteiger partial charge is 0.497 e. The molecule has 158 valence electrons. The molecule has 0 atom stereocenters. The lowest BCUT2D eigenvalue weighted by molar-refractivity contribution is -0.144. The van der Waals surface area contributed by atoms with Gasteiger partial charge in [-0.25, -0.2) is 4.79 Å². The number of benzene rings is 3. The average Bonchev–Trinajstić information content (AvgIpc) is 2.82. The Hall–Kier alpha value is -4.13. The molecule has 31 heavy (non-hydrogen) atoms. The lowest BCUT2D eigenvalue weighted by Gasteiger charge is -2.08. The minimum Gasteiger partial charge on any atom is -0.497 e. The molecule has 3 aromatic carbocycles. The molecule has 0 aliphatic rings. The van der Waals surface area contributed by atoms with Gasteiger partial charge >= 0.3 is 5.97 Å². The smallest absolute Gasteiger partial charge is 0.344 e. The number of methoxy groups -OCH3 is 1. The van der Waals surface area contributed by atoms with E-state index in [1.165, 1.54) is 0 Å². The number of carbonyl (C=O) groups is 3. The van der Waals surface area contributed by atoms with Crippen LogP contribution < -0.4 is 14.8 Å². The first-order valence-electron chi connectivity index (χ1n) is 9.47. The number of ketones is 1. The van der Waals surface area contributed by atoms with Crippen molar-refractivity contribution in [3.63, 3.8) is 0 Å². The van der Waals surface area contributed by atoms with Crippen LogP contribution in [0.15, 0.2) is 78.9 Å². The van der Waals surface area contributed by atoms with E-state index >= 15 is 0 Å². The SMILES string of the molecule is COc1ccc(OCC(=O)OCC(=O)c2ccc(NC(=O)c3ccccc3)cc2)cc1. The van der Waals surface area contributed by atoms with Gasteiger partial charge in [0.2, 0.25) is 0 Å². The highest BCUT2D eigenvalue weighted by atomic mass is 16.6. The van der Waals surface area contributed by atoms with Crippen molar-refractivity contribution < 1.29 is 28.6 Å². The summed E-state index contributed by atoms with van der Waals surface area (Å²) in [6.07, 6.45) is 0. The molecule has 0 spiro atoms. The van der Waals surface area contributed by atoms with Crippen LogP contribution in [0.5, 0.6) is 11.5 Å². The van der Waals surface area contributed by atoms with Gasteiger partial charge in [-0.15, -0.1) is 0 Å². The number of Topliss-reactive ketones (excluding diaryl/α,β-unsaturated/α-hetero) is 1. The van der Waals surface area contributed by atoms with Crippen LogP contribution in [-0.2, 0) is 9.53 Å². The summed E-state index contributed by atoms with van der Waals surface area (Å²) in [5.74, 6) is -0.108. The van der Waals surface area contributed by atoms with Crippen molar-refractivity contribution in [3.05, 3.63) is 90.0 Å². The summed E-state index contributed by atoms with van der Waals surface area (Å²) in [4.78, 5) is 36.2. The standard InChI is InChI=1S/C24H21NO6/c1-29-20-11-13-21(14-12-20)30-16-23(27)31-15-22(26)17-7-9-19(10-8-17)25-24(28)18-5-3-2-4-6-18/h2-14H,15-16H2,1H3,(H,25,28). The van der Waals surface area contributed by atoms with Gasteiger partial charge in [0.25, 0.3) is 5.91 Å². The molecule has 0 fully saturated rings. The molecule has 7 nitrogen and oxygen atoms in total. The monoisotopic (exact) mass is 419 g/mol. The van der Waals surface area contributed by atoms with E-state index in [-0.39, 0.29) is 18.3 Å². The van der Waals surface area contributed by atoms with Crippen molar-refractivity contribution >= 4 is 23.3 Å². The third kappa shape index (κ3) is 6.43. The predicted molar refractivity (Wildman–Crippen MR) is 115 cm³/mol. The molecule has 0 aromatic heterocycles. The second kappa shape index (κ2) is 10.6. The Labute approximate surface area is 179 Å². The van der Waals surface area contributed by atoms with Crippen molar-refractivity contribution in [2.75, 3.05) is 25.6 Å². The minimum absolute atomic E-state index is 0.245. The maximum atomic E-state index is 12.2. The molecule has 0 heterocycles. The number of esters is 1. The molecule has 3 rings (SSSR count). The van der Waals surface area contributed by atoms with E-state index in [2.05, 4.69) is 5.32 Å². The van der Waals surface area contributed by atoms with Gasteiger partial charge in [-0.1, -0.05) is 18.2 Å². The Morgan fingerprint density at radius 3 is 2.03 bits per heavy atom. The summed E-state index contributed by atoms with van der Waals surface area (Å²) >= 11 is 0. The van der Waals surface area contributed by atoms with Crippen molar-refractivity contribution in [2.45, 2.75) is 0 Å². The van der Waals surface area contributed by atoms with E-state index in [1.54, 1.807) is 79.9 Å². The number of nitrogens with one attached hydrogen (secondary N) is 1. The Morgan fingerprint density at radius 1 is 0.742 bits per heavy atom. The highest BCUT2D eigenvalue weighted by Gasteiger charge is 2.12. The first-order valence-corrected chi connectivity index (χ1v) is 9.47. The van der Waals surface area contributed by atoms with Crippen molar-refractivity contribution in [1.82, 2.24) is 0 Å². The molecule has 3 aromatic rings. The fraction of sp³-hybridized carbons (Fsp3) is 0.125. The van der Waals surface area contributed by atoms with Crippen LogP contribution in [0.4, 0.5) is 5.69 Å². The van der Waals surface area contributed by atoms with E-state index in [4.69, 9.17) is 14.2 Å². The number of rotatable bonds is 9. The van der Waals surface area contributed by atoms with Crippen molar-refractivity contribution in [2.24, 2.45) is 0 Å². The van der Waals surface area contributed by atoms with Crippen LogP contribution in [0, 0.1) is 0 Å². The molecule has 0 aliphatic heterocycles. The molecule has 0 saturated carbocycles. The fourth-order valence-corrected chi connectivity index (χ4v) is 2.62. The summed E-state index contributed by atoms with van der Waals surface area (Å²) in [5, 5.41) is 2.75. The first-order chi connectivity index (χ1) is 15.0. The van der Waals surface area contributed by atoms with Crippen LogP contribution in [-0.4, -0.2) is 38.0 Å². The molecule has 0 bridgehead atoms. The molecule has 1 amide bonds. The van der Waals surface area contributed by atoms with Gasteiger partial charge in [-0.3, -0.25) is 9.59 Å². The Morgan fingerprint density at radius 2 is 1.39 bits per heavy atom. The molecule has 7 heteroatoms. The number of anilines is 1. The number of ether oxygens (including phenoxy) is 3. The maximum absolute atomic E-state index is 12.2. The van der Waals surface area contributed by atoms with Crippen molar-refractivity contribution in [1.29, 1.82) is 0 Å². The minimum atomic E-state index is -0.657. The second-order valence-corrected chi connectivity index (χ2v) is 6.45. The summed E-state index contributed by atoms with van der Waals surface area (Å²) in [5.41, 5.74) is 1.45. The Kier molecular flexibility index (Phi) is 7.37. The van der Waals surface area contributed by atoms with E-state index in [0.717, 1.165) is 0 Å². The van der Waals surface area contributed by atoms with Crippen molar-refractivity contribution in [3.8, 4) is 11.5 Å². The maximum Gasteiger partial charge on any atom is 0.344 e. The van der Waals surface area contributed by atoms with Gasteiger partial charge in [-0.2, -0.15) is 0 Å². The normalized spacial score (nSPS) is 10.1. The first kappa shape index (κ1) is 21.6. The molecule has 0 aliphatic carbocycles. The summed E-state index contributed by atoms with van der Waals surface area (Å²) in [6, 6.07) is 21.9. The molecule has 0 radical (unpaired) electrons. The summed E-state index contributed by atoms with van der Waals surface area (Å²) in [6.45, 7) is -0.718. The zero-order valence-electron chi connectivity index (χ0n) is 16.9. The average molecular weight is 419 g/mol. The molecule has 0 saturated heterocycles. The van der Waals surface area contributed by atoms with Gasteiger partial charge < -0.3 is 19.5 Å². The van der Waals surface area contributed by atoms with E-state index in [0.29, 0.717) is 28.3 Å². The number of hydrogen-bond acceptors (Lipinski definition) is 6. The molecule has 0 unspecified atom stereocenters. The summed E-state index contributed by atoms with van der Waals surface area (Å²) in [7, 11) is 1.55. The van der Waals surface area contributed by atoms with Gasteiger partial charge in [0.05, 0.1) is 7.11 Å². The lowest BCUT2D eigenvalue weighted by Crippen LogP contribution is -2.19. The molecular formula is C24H21NO6. The Bertz CT molecular complexity index is 1030. The Balaban J connectivity index is 1.44. The van der Waals surface area contributed by atoms with Crippen LogP contribution in [0.25, 0.3) is 0 Å². The van der Waals surface area contributed by atoms with Gasteiger partial charge in [0, 0.05) is 16.8 Å². The number of amides is 1. The highest BCUT2D eigenvalue weighted by Crippen LogP contribution is 2.17. The van der Waals surface area contributed by atoms with Gasteiger partial charge in [0.1, 0.15) is 11.5 Å².